The van der Waals surface area contributed by atoms with Gasteiger partial charge in [-0.1, -0.05) is 18.2 Å². The van der Waals surface area contributed by atoms with Crippen LogP contribution in [0.2, 0.25) is 0 Å². The second kappa shape index (κ2) is 7.13. The zero-order valence-corrected chi connectivity index (χ0v) is 12.6. The Morgan fingerprint density at radius 1 is 1.21 bits per heavy atom. The summed E-state index contributed by atoms with van der Waals surface area (Å²) >= 11 is 0. The lowest BCUT2D eigenvalue weighted by atomic mass is 9.97. The van der Waals surface area contributed by atoms with Crippen LogP contribution in [0.5, 0.6) is 5.75 Å². The summed E-state index contributed by atoms with van der Waals surface area (Å²) in [6.45, 7) is 1.31. The molecule has 2 aromatic rings. The Labute approximate surface area is 136 Å². The first-order valence-electron chi connectivity index (χ1n) is 7.01. The van der Waals surface area contributed by atoms with E-state index in [1.54, 1.807) is 12.1 Å². The van der Waals surface area contributed by atoms with Gasteiger partial charge in [-0.2, -0.15) is 18.4 Å². The fraction of sp³-hybridized carbons (Fsp3) is 0.235. The fourth-order valence-corrected chi connectivity index (χ4v) is 2.11. The van der Waals surface area contributed by atoms with Gasteiger partial charge in [0.25, 0.3) is 0 Å². The summed E-state index contributed by atoms with van der Waals surface area (Å²) < 4.78 is 44.1. The summed E-state index contributed by atoms with van der Waals surface area (Å²) in [6.07, 6.45) is -4.41. The first kappa shape index (κ1) is 17.5. The van der Waals surface area contributed by atoms with Crippen molar-refractivity contribution >= 4 is 5.78 Å². The molecule has 1 aromatic heterocycles. The van der Waals surface area contributed by atoms with E-state index < -0.39 is 35.3 Å². The van der Waals surface area contributed by atoms with Crippen LogP contribution >= 0.6 is 0 Å². The Hall–Kier alpha value is -2.88. The average Bonchev–Trinajstić information content (AvgIpc) is 2.56. The molecular weight excluding hydrogens is 321 g/mol. The summed E-state index contributed by atoms with van der Waals surface area (Å²) in [5.74, 6) is -2.32. The lowest BCUT2D eigenvalue weighted by Crippen LogP contribution is -2.30. The standard InChI is InChI=1S/C17H13F3N2O2/c1-11(16(23)12(10-21)14-7-4-5-9-22-14)24-15-8-3-2-6-13(15)17(18,19)20/h2-9,11-12H,1H3/t11-,12+/m0/s1. The molecule has 0 unspecified atom stereocenters. The third kappa shape index (κ3) is 3.90. The van der Waals surface area contributed by atoms with Crippen LogP contribution in [0.4, 0.5) is 13.2 Å². The molecule has 4 nitrogen and oxygen atoms in total. The van der Waals surface area contributed by atoms with Gasteiger partial charge in [-0.25, -0.2) is 0 Å². The number of carbonyl (C=O) groups excluding carboxylic acids is 1. The van der Waals surface area contributed by atoms with Gasteiger partial charge < -0.3 is 4.74 Å². The molecule has 0 aliphatic rings. The van der Waals surface area contributed by atoms with Crippen molar-refractivity contribution in [2.45, 2.75) is 25.1 Å². The number of rotatable bonds is 5. The van der Waals surface area contributed by atoms with Crippen LogP contribution in [0.25, 0.3) is 0 Å². The maximum absolute atomic E-state index is 13.0. The molecule has 0 spiro atoms. The predicted molar refractivity (Wildman–Crippen MR) is 79.1 cm³/mol. The van der Waals surface area contributed by atoms with Crippen LogP contribution in [0, 0.1) is 11.3 Å². The zero-order valence-electron chi connectivity index (χ0n) is 12.6. The average molecular weight is 334 g/mol. The Morgan fingerprint density at radius 2 is 1.88 bits per heavy atom. The van der Waals surface area contributed by atoms with Crippen molar-refractivity contribution in [3.05, 3.63) is 59.9 Å². The van der Waals surface area contributed by atoms with E-state index in [4.69, 9.17) is 4.74 Å². The van der Waals surface area contributed by atoms with E-state index in [-0.39, 0.29) is 5.69 Å². The second-order valence-corrected chi connectivity index (χ2v) is 4.97. The molecule has 0 N–H and O–H groups in total. The molecule has 0 saturated heterocycles. The summed E-state index contributed by atoms with van der Waals surface area (Å²) in [5.41, 5.74) is -0.749. The van der Waals surface area contributed by atoms with Gasteiger partial charge in [-0.15, -0.1) is 0 Å². The number of carbonyl (C=O) groups is 1. The van der Waals surface area contributed by atoms with Crippen LogP contribution < -0.4 is 4.74 Å². The molecule has 0 radical (unpaired) electrons. The molecule has 0 bridgehead atoms. The Bertz CT molecular complexity index is 754. The van der Waals surface area contributed by atoms with Crippen LogP contribution in [0.1, 0.15) is 24.1 Å². The number of nitriles is 1. The van der Waals surface area contributed by atoms with E-state index in [0.29, 0.717) is 0 Å². The molecule has 24 heavy (non-hydrogen) atoms. The number of Topliss-reactive ketones (excluding diaryl/α,β-unsaturated/α-hetero) is 1. The molecule has 2 atom stereocenters. The van der Waals surface area contributed by atoms with Crippen LogP contribution in [-0.2, 0) is 11.0 Å². The monoisotopic (exact) mass is 334 g/mol. The van der Waals surface area contributed by atoms with Gasteiger partial charge in [-0.3, -0.25) is 9.78 Å². The van der Waals surface area contributed by atoms with Gasteiger partial charge in [-0.05, 0) is 31.2 Å². The summed E-state index contributed by atoms with van der Waals surface area (Å²) in [5, 5.41) is 9.20. The van der Waals surface area contributed by atoms with Crippen LogP contribution in [-0.4, -0.2) is 16.9 Å². The van der Waals surface area contributed by atoms with E-state index in [2.05, 4.69) is 4.98 Å². The van der Waals surface area contributed by atoms with Gasteiger partial charge >= 0.3 is 6.18 Å². The Kier molecular flexibility index (Phi) is 5.19. The van der Waals surface area contributed by atoms with E-state index >= 15 is 0 Å². The van der Waals surface area contributed by atoms with Gasteiger partial charge in [0.1, 0.15) is 5.75 Å². The highest BCUT2D eigenvalue weighted by Gasteiger charge is 2.35. The van der Waals surface area contributed by atoms with Crippen molar-refractivity contribution in [2.75, 3.05) is 0 Å². The van der Waals surface area contributed by atoms with E-state index in [9.17, 15) is 23.2 Å². The third-order valence-corrected chi connectivity index (χ3v) is 3.29. The van der Waals surface area contributed by atoms with E-state index in [1.165, 1.54) is 31.3 Å². The molecule has 0 saturated carbocycles. The number of para-hydroxylation sites is 1. The minimum atomic E-state index is -4.60. The minimum Gasteiger partial charge on any atom is -0.482 e. The van der Waals surface area contributed by atoms with Crippen molar-refractivity contribution in [2.24, 2.45) is 0 Å². The highest BCUT2D eigenvalue weighted by molar-refractivity contribution is 5.91. The number of hydrogen-bond acceptors (Lipinski definition) is 4. The van der Waals surface area contributed by atoms with Gasteiger partial charge in [0.15, 0.2) is 17.8 Å². The normalized spacial score (nSPS) is 13.6. The maximum atomic E-state index is 13.0. The number of pyridine rings is 1. The van der Waals surface area contributed by atoms with Crippen molar-refractivity contribution in [1.29, 1.82) is 5.26 Å². The second-order valence-electron chi connectivity index (χ2n) is 4.97. The Balaban J connectivity index is 2.23. The SMILES string of the molecule is C[C@H](Oc1ccccc1C(F)(F)F)C(=O)[C@H](C#N)c1ccccn1. The summed E-state index contributed by atoms with van der Waals surface area (Å²) in [7, 11) is 0. The number of alkyl halides is 3. The maximum Gasteiger partial charge on any atom is 0.419 e. The van der Waals surface area contributed by atoms with E-state index in [1.807, 2.05) is 6.07 Å². The lowest BCUT2D eigenvalue weighted by molar-refractivity contribution is -0.140. The molecule has 0 fully saturated rings. The van der Waals surface area contributed by atoms with Crippen LogP contribution in [0.15, 0.2) is 48.7 Å². The van der Waals surface area contributed by atoms with Crippen LogP contribution in [0.3, 0.4) is 0 Å². The zero-order chi connectivity index (χ0) is 17.7. The minimum absolute atomic E-state index is 0.226. The highest BCUT2D eigenvalue weighted by Crippen LogP contribution is 2.36. The number of halogens is 3. The first-order valence-corrected chi connectivity index (χ1v) is 7.01. The summed E-state index contributed by atoms with van der Waals surface area (Å²) in [4.78, 5) is 16.3. The number of hydrogen-bond donors (Lipinski definition) is 0. The smallest absolute Gasteiger partial charge is 0.419 e. The topological polar surface area (TPSA) is 63.0 Å². The fourth-order valence-electron chi connectivity index (χ4n) is 2.11. The largest absolute Gasteiger partial charge is 0.482 e. The number of ketones is 1. The number of nitrogens with zero attached hydrogens (tertiary/aromatic N) is 2. The Morgan fingerprint density at radius 3 is 2.46 bits per heavy atom. The molecule has 124 valence electrons. The molecule has 0 aliphatic heterocycles. The van der Waals surface area contributed by atoms with Gasteiger partial charge in [0, 0.05) is 6.20 Å². The van der Waals surface area contributed by atoms with Gasteiger partial charge in [0.05, 0.1) is 17.3 Å². The quantitative estimate of drug-likeness (QED) is 0.835. The molecule has 7 heteroatoms. The molecule has 0 amide bonds. The predicted octanol–water partition coefficient (Wildman–Crippen LogP) is 3.74. The summed E-state index contributed by atoms with van der Waals surface area (Å²) in [6, 6.07) is 11.2. The molecule has 2 rings (SSSR count). The third-order valence-electron chi connectivity index (χ3n) is 3.29. The number of aromatic nitrogens is 1. The lowest BCUT2D eigenvalue weighted by Gasteiger charge is -2.19. The highest BCUT2D eigenvalue weighted by atomic mass is 19.4. The van der Waals surface area contributed by atoms with Crippen molar-refractivity contribution in [3.63, 3.8) is 0 Å². The van der Waals surface area contributed by atoms with Crippen molar-refractivity contribution in [3.8, 4) is 11.8 Å². The van der Waals surface area contributed by atoms with Crippen molar-refractivity contribution in [1.82, 2.24) is 4.98 Å². The molecule has 0 aliphatic carbocycles. The molecule has 1 aromatic carbocycles. The van der Waals surface area contributed by atoms with E-state index in [0.717, 1.165) is 12.1 Å². The first-order chi connectivity index (χ1) is 11.3. The molecular formula is C17H13F3N2O2. The number of benzene rings is 1. The molecule has 1 heterocycles. The van der Waals surface area contributed by atoms with Crippen molar-refractivity contribution < 1.29 is 22.7 Å². The van der Waals surface area contributed by atoms with Gasteiger partial charge in [0.2, 0.25) is 0 Å². The number of ether oxygens (including phenoxy) is 1.